The number of fused-ring (bicyclic) bond motifs is 2. The van der Waals surface area contributed by atoms with E-state index in [9.17, 15) is 23.6 Å². The number of hydrogen-bond acceptors (Lipinski definition) is 9. The number of nitrogens with zero attached hydrogens (tertiary/aromatic N) is 3. The molecule has 5 rings (SSSR count). The Morgan fingerprint density at radius 2 is 1.84 bits per heavy atom. The first-order valence-corrected chi connectivity index (χ1v) is 11.9. The Labute approximate surface area is 216 Å². The van der Waals surface area contributed by atoms with Crippen LogP contribution in [0, 0.1) is 5.82 Å². The van der Waals surface area contributed by atoms with Crippen LogP contribution in [0.2, 0.25) is 0 Å². The summed E-state index contributed by atoms with van der Waals surface area (Å²) >= 11 is 0. The van der Waals surface area contributed by atoms with E-state index in [1.807, 2.05) is 0 Å². The van der Waals surface area contributed by atoms with Crippen molar-refractivity contribution in [3.63, 3.8) is 0 Å². The lowest BCUT2D eigenvalue weighted by Gasteiger charge is -2.29. The zero-order valence-electron chi connectivity index (χ0n) is 20.4. The van der Waals surface area contributed by atoms with E-state index < -0.39 is 11.9 Å². The number of rotatable bonds is 5. The van der Waals surface area contributed by atoms with Gasteiger partial charge in [0.05, 0.1) is 16.8 Å². The highest BCUT2D eigenvalue weighted by Crippen LogP contribution is 2.32. The van der Waals surface area contributed by atoms with Crippen LogP contribution in [-0.2, 0) is 14.4 Å². The molecular weight excluding hydrogens is 499 g/mol. The minimum atomic E-state index is -1.21. The fourth-order valence-corrected chi connectivity index (χ4v) is 4.34. The zero-order chi connectivity index (χ0) is 27.4. The number of piperidine rings is 1. The van der Waals surface area contributed by atoms with Gasteiger partial charge in [0.25, 0.3) is 11.8 Å². The Morgan fingerprint density at radius 1 is 1.13 bits per heavy atom. The normalized spacial score (nSPS) is 16.0. The van der Waals surface area contributed by atoms with E-state index in [0.717, 1.165) is 23.2 Å². The van der Waals surface area contributed by atoms with Gasteiger partial charge in [-0.05, 0) is 50.1 Å². The summed E-state index contributed by atoms with van der Waals surface area (Å²) in [6.45, 7) is 3.15. The van der Waals surface area contributed by atoms with Crippen LogP contribution in [-0.4, -0.2) is 63.6 Å². The molecule has 2 aromatic carbocycles. The molecule has 198 valence electrons. The van der Waals surface area contributed by atoms with Crippen molar-refractivity contribution >= 4 is 40.4 Å². The summed E-state index contributed by atoms with van der Waals surface area (Å²) in [6.07, 6.45) is 2.98. The van der Waals surface area contributed by atoms with E-state index in [2.05, 4.69) is 5.16 Å². The third kappa shape index (κ3) is 5.70. The summed E-state index contributed by atoms with van der Waals surface area (Å²) in [6, 6.07) is 9.10. The van der Waals surface area contributed by atoms with Crippen molar-refractivity contribution in [1.82, 2.24) is 15.1 Å². The predicted molar refractivity (Wildman–Crippen MR) is 132 cm³/mol. The molecule has 3 N–H and O–H groups in total. The van der Waals surface area contributed by atoms with Crippen LogP contribution in [0.25, 0.3) is 11.0 Å². The minimum absolute atomic E-state index is 0.126. The van der Waals surface area contributed by atoms with Crippen LogP contribution < -0.4 is 5.73 Å². The Hall–Kier alpha value is -4.58. The fraction of sp³-hybridized carbons (Fsp3) is 0.269. The van der Waals surface area contributed by atoms with Crippen LogP contribution in [0.3, 0.4) is 0 Å². The summed E-state index contributed by atoms with van der Waals surface area (Å²) in [5.41, 5.74) is 8.10. The number of carboxylic acids is 1. The van der Waals surface area contributed by atoms with Crippen molar-refractivity contribution in [2.45, 2.75) is 25.7 Å². The molecular formula is C26H25FN4O7. The number of hydrogen-bond donors (Lipinski definition) is 2. The topological polar surface area (TPSA) is 156 Å². The van der Waals surface area contributed by atoms with Crippen LogP contribution in [0.5, 0.6) is 0 Å². The second-order valence-corrected chi connectivity index (χ2v) is 8.65. The number of carbonyl (C=O) groups is 4. The van der Waals surface area contributed by atoms with Gasteiger partial charge in [-0.15, -0.1) is 5.06 Å². The van der Waals surface area contributed by atoms with Gasteiger partial charge in [-0.1, -0.05) is 5.16 Å². The van der Waals surface area contributed by atoms with E-state index in [1.54, 1.807) is 31.2 Å². The molecule has 12 heteroatoms. The van der Waals surface area contributed by atoms with E-state index in [-0.39, 0.29) is 23.5 Å². The molecule has 0 bridgehead atoms. The number of anilines is 1. The second-order valence-electron chi connectivity index (χ2n) is 8.65. The number of nitrogens with two attached hydrogens (primary N) is 1. The average molecular weight is 525 g/mol. The Kier molecular flexibility index (Phi) is 7.82. The summed E-state index contributed by atoms with van der Waals surface area (Å²) in [4.78, 5) is 51.3. The number of aliphatic carboxylic acids is 1. The lowest BCUT2D eigenvalue weighted by atomic mass is 9.92. The molecule has 38 heavy (non-hydrogen) atoms. The molecule has 2 aliphatic heterocycles. The van der Waals surface area contributed by atoms with Gasteiger partial charge in [-0.2, -0.15) is 0 Å². The summed E-state index contributed by atoms with van der Waals surface area (Å²) in [5.74, 6) is -2.66. The number of halogens is 1. The summed E-state index contributed by atoms with van der Waals surface area (Å²) in [7, 11) is 0. The number of hydroxylamine groups is 2. The van der Waals surface area contributed by atoms with Crippen molar-refractivity contribution in [3.05, 3.63) is 71.2 Å². The highest BCUT2D eigenvalue weighted by atomic mass is 19.1. The van der Waals surface area contributed by atoms with Crippen molar-refractivity contribution in [2.24, 2.45) is 0 Å². The van der Waals surface area contributed by atoms with Crippen molar-refractivity contribution in [1.29, 1.82) is 0 Å². The maximum absolute atomic E-state index is 13.2. The first-order chi connectivity index (χ1) is 18.2. The van der Waals surface area contributed by atoms with Crippen molar-refractivity contribution in [3.8, 4) is 0 Å². The molecule has 3 aromatic rings. The molecule has 11 nitrogen and oxygen atoms in total. The number of amides is 2. The van der Waals surface area contributed by atoms with E-state index in [1.165, 1.54) is 22.1 Å². The smallest absolute Gasteiger partial charge is 0.349 e. The third-order valence-electron chi connectivity index (χ3n) is 6.19. The van der Waals surface area contributed by atoms with Gasteiger partial charge in [0.15, 0.2) is 5.58 Å². The molecule has 1 fully saturated rings. The highest BCUT2D eigenvalue weighted by molar-refractivity contribution is 6.21. The molecule has 0 unspecified atom stereocenters. The lowest BCUT2D eigenvalue weighted by molar-refractivity contribution is -0.189. The van der Waals surface area contributed by atoms with Gasteiger partial charge in [0, 0.05) is 54.8 Å². The van der Waals surface area contributed by atoms with Crippen molar-refractivity contribution < 1.29 is 38.0 Å². The van der Waals surface area contributed by atoms with E-state index >= 15 is 0 Å². The number of benzene rings is 2. The quantitative estimate of drug-likeness (QED) is 0.289. The molecule has 0 spiro atoms. The molecule has 1 saturated heterocycles. The van der Waals surface area contributed by atoms with Crippen LogP contribution in [0.4, 0.5) is 10.1 Å². The number of carboxylic acid groups (broad SMARTS) is 1. The first kappa shape index (κ1) is 26.5. The van der Waals surface area contributed by atoms with Gasteiger partial charge < -0.3 is 20.2 Å². The second kappa shape index (κ2) is 11.2. The number of nitrogen functional groups attached to an aromatic ring is 1. The predicted octanol–water partition coefficient (Wildman–Crippen LogP) is 3.13. The molecule has 0 saturated carbocycles. The summed E-state index contributed by atoms with van der Waals surface area (Å²) in [5, 5.41) is 14.8. The average Bonchev–Trinajstić information content (AvgIpc) is 3.41. The number of carbonyl (C=O) groups excluding carboxylic acids is 3. The molecule has 0 atom stereocenters. The molecule has 2 amide bonds. The monoisotopic (exact) mass is 524 g/mol. The van der Waals surface area contributed by atoms with Gasteiger partial charge in [-0.3, -0.25) is 14.5 Å². The molecule has 2 aliphatic rings. The Balaban J connectivity index is 0.000000204. The number of aromatic nitrogens is 1. The molecule has 0 radical (unpaired) electrons. The maximum atomic E-state index is 13.2. The Morgan fingerprint density at radius 3 is 2.53 bits per heavy atom. The molecule has 1 aromatic heterocycles. The van der Waals surface area contributed by atoms with E-state index in [0.29, 0.717) is 54.9 Å². The lowest BCUT2D eigenvalue weighted by Crippen LogP contribution is -2.34. The van der Waals surface area contributed by atoms with Crippen LogP contribution >= 0.6 is 0 Å². The van der Waals surface area contributed by atoms with Crippen LogP contribution in [0.1, 0.15) is 52.1 Å². The highest BCUT2D eigenvalue weighted by Gasteiger charge is 2.34. The number of imide groups is 1. The fourth-order valence-electron chi connectivity index (χ4n) is 4.34. The van der Waals surface area contributed by atoms with Crippen LogP contribution in [0.15, 0.2) is 53.1 Å². The largest absolute Gasteiger partial charge is 0.478 e. The minimum Gasteiger partial charge on any atom is -0.478 e. The Bertz CT molecular complexity index is 1430. The van der Waals surface area contributed by atoms with E-state index in [4.69, 9.17) is 20.2 Å². The maximum Gasteiger partial charge on any atom is 0.349 e. The first-order valence-electron chi connectivity index (χ1n) is 11.9. The van der Waals surface area contributed by atoms with Gasteiger partial charge in [0.2, 0.25) is 0 Å². The molecule has 3 heterocycles. The van der Waals surface area contributed by atoms with Crippen molar-refractivity contribution in [2.75, 3.05) is 25.4 Å². The van der Waals surface area contributed by atoms with Gasteiger partial charge in [0.1, 0.15) is 5.82 Å². The SMILES string of the molecule is CCN1C(=O)c2ccc(N)cc2C1=O.O=C(O)/C=C/C(=O)ON1CCC(c2noc3cc(F)ccc23)CC1. The zero-order valence-corrected chi connectivity index (χ0v) is 20.4. The standard InChI is InChI=1S/C16H15FN2O5.C10H10N2O2/c17-11-1-2-12-13(9-11)23-18-16(12)10-5-7-19(8-6-10)24-15(22)4-3-14(20)21;1-2-12-9(13)7-4-3-6(11)5-8(7)10(12)14/h1-4,9-10H,5-8H2,(H,20,21);3-5H,2,11H2,1H3/b4-3+;. The van der Waals surface area contributed by atoms with Gasteiger partial charge >= 0.3 is 11.9 Å². The summed E-state index contributed by atoms with van der Waals surface area (Å²) < 4.78 is 18.4. The van der Waals surface area contributed by atoms with Gasteiger partial charge in [-0.25, -0.2) is 14.0 Å². The molecule has 0 aliphatic carbocycles. The third-order valence-corrected chi connectivity index (χ3v) is 6.19.